The van der Waals surface area contributed by atoms with Crippen LogP contribution in [-0.4, -0.2) is 10.8 Å². The maximum absolute atomic E-state index is 11.0. The molecular formula is C15H11N3O4. The number of nitrogens with two attached hydrogens (primary N) is 1. The van der Waals surface area contributed by atoms with E-state index in [-0.39, 0.29) is 17.0 Å². The summed E-state index contributed by atoms with van der Waals surface area (Å²) >= 11 is 0. The quantitative estimate of drug-likeness (QED) is 0.687. The Morgan fingerprint density at radius 1 is 1.32 bits per heavy atom. The first-order valence-electron chi connectivity index (χ1n) is 6.19. The van der Waals surface area contributed by atoms with Gasteiger partial charge in [-0.25, -0.2) is 0 Å². The van der Waals surface area contributed by atoms with Gasteiger partial charge in [-0.2, -0.15) is 5.26 Å². The Labute approximate surface area is 125 Å². The number of primary amides is 1. The molecule has 0 aliphatic heterocycles. The first kappa shape index (κ1) is 15.0. The molecule has 0 atom stereocenters. The molecule has 0 saturated heterocycles. The van der Waals surface area contributed by atoms with E-state index in [9.17, 15) is 14.9 Å². The number of carbonyl (C=O) groups excluding carboxylic acids is 1. The van der Waals surface area contributed by atoms with Crippen molar-refractivity contribution in [2.24, 2.45) is 5.73 Å². The van der Waals surface area contributed by atoms with Crippen molar-refractivity contribution in [3.05, 3.63) is 63.2 Å². The highest BCUT2D eigenvalue weighted by atomic mass is 16.6. The average Bonchev–Trinajstić information content (AvgIpc) is 2.49. The van der Waals surface area contributed by atoms with Crippen LogP contribution in [0.25, 0.3) is 0 Å². The maximum atomic E-state index is 11.0. The molecule has 7 nitrogen and oxygen atoms in total. The smallest absolute Gasteiger partial charge is 0.277 e. The number of rotatable bonds is 4. The van der Waals surface area contributed by atoms with Crippen molar-refractivity contribution < 1.29 is 14.5 Å². The van der Waals surface area contributed by atoms with Gasteiger partial charge in [0.1, 0.15) is 11.5 Å². The molecule has 0 aromatic heterocycles. The molecule has 0 fully saturated rings. The van der Waals surface area contributed by atoms with Crippen LogP contribution >= 0.6 is 0 Å². The number of nitro benzene ring substituents is 1. The van der Waals surface area contributed by atoms with Gasteiger partial charge in [0.05, 0.1) is 22.1 Å². The van der Waals surface area contributed by atoms with Crippen LogP contribution in [0.2, 0.25) is 0 Å². The molecular weight excluding hydrogens is 286 g/mol. The molecule has 7 heteroatoms. The Morgan fingerprint density at radius 3 is 2.45 bits per heavy atom. The van der Waals surface area contributed by atoms with Gasteiger partial charge in [-0.05, 0) is 37.3 Å². The van der Waals surface area contributed by atoms with Crippen molar-refractivity contribution >= 4 is 11.6 Å². The first-order chi connectivity index (χ1) is 10.4. The minimum Gasteiger partial charge on any atom is -0.457 e. The van der Waals surface area contributed by atoms with E-state index in [0.29, 0.717) is 16.9 Å². The molecule has 0 aliphatic rings. The molecule has 1 amide bonds. The molecule has 22 heavy (non-hydrogen) atoms. The normalized spacial score (nSPS) is 9.82. The van der Waals surface area contributed by atoms with Crippen LogP contribution in [-0.2, 0) is 0 Å². The lowest BCUT2D eigenvalue weighted by atomic mass is 10.1. The zero-order valence-electron chi connectivity index (χ0n) is 11.6. The predicted octanol–water partition coefficient (Wildman–Crippen LogP) is 2.67. The van der Waals surface area contributed by atoms with E-state index in [1.807, 2.05) is 6.07 Å². The summed E-state index contributed by atoms with van der Waals surface area (Å²) < 4.78 is 5.57. The number of hydrogen-bond acceptors (Lipinski definition) is 5. The molecule has 2 aromatic rings. The molecule has 2 N–H and O–H groups in total. The number of nitro groups is 1. The van der Waals surface area contributed by atoms with Crippen molar-refractivity contribution in [1.82, 2.24) is 0 Å². The van der Waals surface area contributed by atoms with Crippen molar-refractivity contribution in [2.45, 2.75) is 6.92 Å². The molecule has 0 heterocycles. The SMILES string of the molecule is Cc1c(Oc2ccc(C(N)=O)cc2)cc(C#N)cc1[N+](=O)[O-]. The zero-order chi connectivity index (χ0) is 16.3. The lowest BCUT2D eigenvalue weighted by Gasteiger charge is -2.09. The van der Waals surface area contributed by atoms with Crippen LogP contribution < -0.4 is 10.5 Å². The largest absolute Gasteiger partial charge is 0.457 e. The standard InChI is InChI=1S/C15H11N3O4/c1-9-13(18(20)21)6-10(8-16)7-14(9)22-12-4-2-11(3-5-12)15(17)19/h2-7H,1H3,(H2,17,19). The predicted molar refractivity (Wildman–Crippen MR) is 77.6 cm³/mol. The Morgan fingerprint density at radius 2 is 1.95 bits per heavy atom. The van der Waals surface area contributed by atoms with Crippen LogP contribution in [0.1, 0.15) is 21.5 Å². The van der Waals surface area contributed by atoms with Gasteiger partial charge in [0, 0.05) is 11.6 Å². The zero-order valence-corrected chi connectivity index (χ0v) is 11.6. The van der Waals surface area contributed by atoms with E-state index in [0.717, 1.165) is 0 Å². The number of ether oxygens (including phenoxy) is 1. The van der Waals surface area contributed by atoms with Gasteiger partial charge in [0.2, 0.25) is 5.91 Å². The van der Waals surface area contributed by atoms with Crippen molar-refractivity contribution in [3.63, 3.8) is 0 Å². The number of nitriles is 1. The summed E-state index contributed by atoms with van der Waals surface area (Å²) in [6.07, 6.45) is 0. The van der Waals surface area contributed by atoms with Gasteiger partial charge in [-0.15, -0.1) is 0 Å². The topological polar surface area (TPSA) is 119 Å². The van der Waals surface area contributed by atoms with Crippen LogP contribution in [0.3, 0.4) is 0 Å². The van der Waals surface area contributed by atoms with E-state index in [1.54, 1.807) is 0 Å². The molecule has 0 radical (unpaired) electrons. The fourth-order valence-corrected chi connectivity index (χ4v) is 1.85. The lowest BCUT2D eigenvalue weighted by molar-refractivity contribution is -0.385. The molecule has 0 unspecified atom stereocenters. The van der Waals surface area contributed by atoms with Gasteiger partial charge in [0.25, 0.3) is 5.69 Å². The second-order valence-corrected chi connectivity index (χ2v) is 4.48. The van der Waals surface area contributed by atoms with Crippen LogP contribution in [0, 0.1) is 28.4 Å². The molecule has 0 saturated carbocycles. The van der Waals surface area contributed by atoms with Crippen LogP contribution in [0.5, 0.6) is 11.5 Å². The highest BCUT2D eigenvalue weighted by Gasteiger charge is 2.17. The van der Waals surface area contributed by atoms with Gasteiger partial charge >= 0.3 is 0 Å². The van der Waals surface area contributed by atoms with E-state index in [1.165, 1.54) is 43.3 Å². The van der Waals surface area contributed by atoms with Crippen LogP contribution in [0.15, 0.2) is 36.4 Å². The second-order valence-electron chi connectivity index (χ2n) is 4.48. The van der Waals surface area contributed by atoms with Gasteiger partial charge in [-0.1, -0.05) is 0 Å². The summed E-state index contributed by atoms with van der Waals surface area (Å²) in [6.45, 7) is 1.53. The van der Waals surface area contributed by atoms with Crippen molar-refractivity contribution in [2.75, 3.05) is 0 Å². The van der Waals surface area contributed by atoms with Crippen LogP contribution in [0.4, 0.5) is 5.69 Å². The fraction of sp³-hybridized carbons (Fsp3) is 0.0667. The third-order valence-corrected chi connectivity index (χ3v) is 3.03. The summed E-state index contributed by atoms with van der Waals surface area (Å²) in [5, 5.41) is 19.9. The molecule has 0 spiro atoms. The lowest BCUT2D eigenvalue weighted by Crippen LogP contribution is -2.10. The summed E-state index contributed by atoms with van der Waals surface area (Å²) in [5.41, 5.74) is 5.70. The monoisotopic (exact) mass is 297 g/mol. The Hall–Kier alpha value is -3.40. The third-order valence-electron chi connectivity index (χ3n) is 3.03. The van der Waals surface area contributed by atoms with E-state index < -0.39 is 10.8 Å². The fourth-order valence-electron chi connectivity index (χ4n) is 1.85. The summed E-state index contributed by atoms with van der Waals surface area (Å²) in [7, 11) is 0. The second kappa shape index (κ2) is 5.93. The molecule has 0 aliphatic carbocycles. The Kier molecular flexibility index (Phi) is 4.04. The number of benzene rings is 2. The van der Waals surface area contributed by atoms with Gasteiger partial charge in [0.15, 0.2) is 0 Å². The molecule has 2 rings (SSSR count). The van der Waals surface area contributed by atoms with Crippen molar-refractivity contribution in [3.8, 4) is 17.6 Å². The summed E-state index contributed by atoms with van der Waals surface area (Å²) in [6, 6.07) is 10.5. The molecule has 110 valence electrons. The Balaban J connectivity index is 2.40. The highest BCUT2D eigenvalue weighted by molar-refractivity contribution is 5.92. The summed E-state index contributed by atoms with van der Waals surface area (Å²) in [4.78, 5) is 21.4. The minimum absolute atomic E-state index is 0.126. The van der Waals surface area contributed by atoms with E-state index in [2.05, 4.69) is 0 Å². The summed E-state index contributed by atoms with van der Waals surface area (Å²) in [5.74, 6) is 0.0138. The molecule has 2 aromatic carbocycles. The van der Waals surface area contributed by atoms with Gasteiger partial charge < -0.3 is 10.5 Å². The third kappa shape index (κ3) is 3.02. The molecule has 0 bridgehead atoms. The van der Waals surface area contributed by atoms with E-state index in [4.69, 9.17) is 15.7 Å². The Bertz CT molecular complexity index is 792. The maximum Gasteiger partial charge on any atom is 0.277 e. The first-order valence-corrected chi connectivity index (χ1v) is 6.19. The highest BCUT2D eigenvalue weighted by Crippen LogP contribution is 2.32. The average molecular weight is 297 g/mol. The van der Waals surface area contributed by atoms with Crippen molar-refractivity contribution in [1.29, 1.82) is 5.26 Å². The number of amides is 1. The van der Waals surface area contributed by atoms with E-state index >= 15 is 0 Å². The van der Waals surface area contributed by atoms with Gasteiger partial charge in [-0.3, -0.25) is 14.9 Å². The number of carbonyl (C=O) groups is 1. The minimum atomic E-state index is -0.570. The number of nitrogens with zero attached hydrogens (tertiary/aromatic N) is 2. The number of hydrogen-bond donors (Lipinski definition) is 1.